The Balaban J connectivity index is 1.11. The molecule has 1 fully saturated rings. The Kier molecular flexibility index (Phi) is 6.52. The Morgan fingerprint density at radius 2 is 1.79 bits per heavy atom. The van der Waals surface area contributed by atoms with E-state index in [2.05, 4.69) is 74.6 Å². The second-order valence-corrected chi connectivity index (χ2v) is 9.33. The summed E-state index contributed by atoms with van der Waals surface area (Å²) in [6.45, 7) is 13.9. The topological polar surface area (TPSA) is 54.9 Å². The zero-order valence-electron chi connectivity index (χ0n) is 19.7. The van der Waals surface area contributed by atoms with E-state index in [1.807, 2.05) is 24.5 Å². The number of hydrogen-bond acceptors (Lipinski definition) is 6. The largest absolute Gasteiger partial charge is 0.390 e. The van der Waals surface area contributed by atoms with Crippen LogP contribution in [0.4, 0.5) is 0 Å². The summed E-state index contributed by atoms with van der Waals surface area (Å²) in [6, 6.07) is 12.8. The number of aliphatic hydroxyl groups is 1. The highest BCUT2D eigenvalue weighted by Crippen LogP contribution is 2.23. The lowest BCUT2D eigenvalue weighted by molar-refractivity contribution is 0.0811. The van der Waals surface area contributed by atoms with Gasteiger partial charge in [-0.1, -0.05) is 49.6 Å². The van der Waals surface area contributed by atoms with Gasteiger partial charge in [0.25, 0.3) is 0 Å². The number of pyridine rings is 1. The van der Waals surface area contributed by atoms with Crippen LogP contribution in [-0.4, -0.2) is 63.6 Å². The first-order valence-corrected chi connectivity index (χ1v) is 12.0. The molecule has 6 heteroatoms. The number of aromatic nitrogens is 1. The molecule has 0 unspecified atom stereocenters. The zero-order chi connectivity index (χ0) is 23.5. The van der Waals surface area contributed by atoms with Crippen LogP contribution in [0.15, 0.2) is 85.6 Å². The quantitative estimate of drug-likeness (QED) is 0.669. The van der Waals surface area contributed by atoms with Gasteiger partial charge in [0.15, 0.2) is 0 Å². The number of β-amino-alcohol motifs (C(OH)–C–C–N with tert-alkyl or cyclic N) is 1. The molecule has 2 N–H and O–H groups in total. The van der Waals surface area contributed by atoms with E-state index in [1.165, 1.54) is 11.1 Å². The molecule has 176 valence electrons. The molecule has 2 aromatic rings. The number of nitrogens with zero attached hydrogens (tertiary/aromatic N) is 4. The Hall–Kier alpha value is -3.35. The van der Waals surface area contributed by atoms with Gasteiger partial charge >= 0.3 is 0 Å². The third kappa shape index (κ3) is 5.08. The van der Waals surface area contributed by atoms with Crippen molar-refractivity contribution in [1.82, 2.24) is 25.0 Å². The molecule has 5 rings (SSSR count). The molecule has 4 heterocycles. The van der Waals surface area contributed by atoms with Gasteiger partial charge in [0.1, 0.15) is 0 Å². The molecule has 3 aliphatic heterocycles. The van der Waals surface area contributed by atoms with E-state index in [-0.39, 0.29) is 0 Å². The molecule has 1 aromatic heterocycles. The van der Waals surface area contributed by atoms with Crippen LogP contribution in [0.25, 0.3) is 5.57 Å². The van der Waals surface area contributed by atoms with E-state index < -0.39 is 6.10 Å². The molecule has 3 aliphatic rings. The van der Waals surface area contributed by atoms with Crippen molar-refractivity contribution in [2.45, 2.75) is 25.6 Å². The smallest absolute Gasteiger partial charge is 0.0970 e. The number of benzene rings is 1. The predicted octanol–water partition coefficient (Wildman–Crippen LogP) is 3.10. The first-order chi connectivity index (χ1) is 16.5. The molecule has 0 aliphatic carbocycles. The third-order valence-corrected chi connectivity index (χ3v) is 6.87. The molecule has 6 nitrogen and oxygen atoms in total. The summed E-state index contributed by atoms with van der Waals surface area (Å²) in [7, 11) is 0. The lowest BCUT2D eigenvalue weighted by atomic mass is 10.00. The number of rotatable bonds is 7. The van der Waals surface area contributed by atoms with E-state index in [4.69, 9.17) is 0 Å². The molecule has 0 amide bonds. The lowest BCUT2D eigenvalue weighted by Crippen LogP contribution is -2.41. The fourth-order valence-corrected chi connectivity index (χ4v) is 4.91. The summed E-state index contributed by atoms with van der Waals surface area (Å²) in [5.74, 6) is 0.967. The average molecular weight is 456 g/mol. The molecule has 0 radical (unpaired) electrons. The van der Waals surface area contributed by atoms with Gasteiger partial charge in [-0.05, 0) is 35.3 Å². The van der Waals surface area contributed by atoms with Crippen molar-refractivity contribution in [3.63, 3.8) is 0 Å². The fraction of sp³-hybridized carbons (Fsp3) is 0.321. The van der Waals surface area contributed by atoms with Crippen molar-refractivity contribution in [1.29, 1.82) is 0 Å². The number of dihydropyridines is 1. The van der Waals surface area contributed by atoms with Crippen LogP contribution >= 0.6 is 0 Å². The van der Waals surface area contributed by atoms with Crippen LogP contribution in [0.2, 0.25) is 0 Å². The molecule has 0 spiro atoms. The highest BCUT2D eigenvalue weighted by Gasteiger charge is 2.26. The Bertz CT molecular complexity index is 1120. The minimum absolute atomic E-state index is 0.402. The van der Waals surface area contributed by atoms with E-state index in [0.717, 1.165) is 67.5 Å². The van der Waals surface area contributed by atoms with Crippen LogP contribution in [0.1, 0.15) is 22.4 Å². The van der Waals surface area contributed by atoms with Crippen molar-refractivity contribution in [2.75, 3.05) is 32.7 Å². The second-order valence-electron chi connectivity index (χ2n) is 9.33. The van der Waals surface area contributed by atoms with Gasteiger partial charge in [0.05, 0.1) is 24.2 Å². The van der Waals surface area contributed by atoms with E-state index in [9.17, 15) is 5.11 Å². The van der Waals surface area contributed by atoms with E-state index in [1.54, 1.807) is 0 Å². The Labute approximate surface area is 202 Å². The maximum absolute atomic E-state index is 10.8. The van der Waals surface area contributed by atoms with Crippen molar-refractivity contribution in [2.24, 2.45) is 0 Å². The summed E-state index contributed by atoms with van der Waals surface area (Å²) in [5, 5.41) is 13.9. The second kappa shape index (κ2) is 9.87. The summed E-state index contributed by atoms with van der Waals surface area (Å²) in [6.07, 6.45) is 8.53. The molecule has 34 heavy (non-hydrogen) atoms. The summed E-state index contributed by atoms with van der Waals surface area (Å²) < 4.78 is 0. The van der Waals surface area contributed by atoms with Crippen LogP contribution in [0, 0.1) is 0 Å². The number of allylic oxidation sites excluding steroid dienone is 3. The zero-order valence-corrected chi connectivity index (χ0v) is 19.7. The molecule has 1 atom stereocenters. The van der Waals surface area contributed by atoms with Crippen molar-refractivity contribution in [3.05, 3.63) is 108 Å². The Morgan fingerprint density at radius 3 is 2.56 bits per heavy atom. The van der Waals surface area contributed by atoms with Gasteiger partial charge in [-0.15, -0.1) is 0 Å². The maximum Gasteiger partial charge on any atom is 0.0970 e. The van der Waals surface area contributed by atoms with Crippen LogP contribution in [0.5, 0.6) is 0 Å². The third-order valence-electron chi connectivity index (χ3n) is 6.87. The van der Waals surface area contributed by atoms with Crippen molar-refractivity contribution in [3.8, 4) is 0 Å². The molecular formula is C28H33N5O. The molecule has 1 aromatic carbocycles. The van der Waals surface area contributed by atoms with E-state index >= 15 is 0 Å². The highest BCUT2D eigenvalue weighted by atomic mass is 16.3. The molecule has 0 bridgehead atoms. The monoisotopic (exact) mass is 455 g/mol. The van der Waals surface area contributed by atoms with Crippen LogP contribution < -0.4 is 5.32 Å². The number of fused-ring (bicyclic) bond motifs is 1. The van der Waals surface area contributed by atoms with Gasteiger partial charge in [0, 0.05) is 62.9 Å². The normalized spacial score (nSPS) is 19.1. The van der Waals surface area contributed by atoms with E-state index in [0.29, 0.717) is 13.1 Å². The van der Waals surface area contributed by atoms with Crippen molar-refractivity contribution < 1.29 is 5.11 Å². The first kappa shape index (κ1) is 22.4. The lowest BCUT2D eigenvalue weighted by Gasteiger charge is -2.32. The van der Waals surface area contributed by atoms with Gasteiger partial charge in [0.2, 0.25) is 0 Å². The summed E-state index contributed by atoms with van der Waals surface area (Å²) >= 11 is 0. The van der Waals surface area contributed by atoms with Crippen LogP contribution in [0.3, 0.4) is 0 Å². The SMILES string of the molecule is C=C1C=CC(c2ccc(CN3CCN(C[C@H](O)CN4CCc5ccccc5C4)C3=C)nc2)=CN1. The highest BCUT2D eigenvalue weighted by molar-refractivity contribution is 5.75. The fourth-order valence-electron chi connectivity index (χ4n) is 4.91. The Morgan fingerprint density at radius 1 is 0.971 bits per heavy atom. The van der Waals surface area contributed by atoms with Gasteiger partial charge in [-0.2, -0.15) is 0 Å². The van der Waals surface area contributed by atoms with Gasteiger partial charge in [-0.3, -0.25) is 9.88 Å². The number of nitrogens with one attached hydrogen (secondary N) is 1. The predicted molar refractivity (Wildman–Crippen MR) is 136 cm³/mol. The van der Waals surface area contributed by atoms with Crippen molar-refractivity contribution >= 4 is 5.57 Å². The molecule has 0 saturated carbocycles. The minimum atomic E-state index is -0.402. The number of hydrogen-bond donors (Lipinski definition) is 2. The average Bonchev–Trinajstić information content (AvgIpc) is 3.18. The maximum atomic E-state index is 10.8. The van der Waals surface area contributed by atoms with Crippen LogP contribution in [-0.2, 0) is 19.5 Å². The minimum Gasteiger partial charge on any atom is -0.390 e. The number of aliphatic hydroxyl groups excluding tert-OH is 1. The summed E-state index contributed by atoms with van der Waals surface area (Å²) in [4.78, 5) is 11.5. The molecule has 1 saturated heterocycles. The molecular weight excluding hydrogens is 422 g/mol. The standard InChI is InChI=1S/C28H33N5O/c1-21-7-8-24(15-29-21)25-9-10-27(30-16-25)18-32-13-14-33(22(32)2)20-28(34)19-31-12-11-23-5-3-4-6-26(23)17-31/h3-10,15-16,28-29,34H,1-2,11-14,17-20H2/t28-/m1/s1. The van der Waals surface area contributed by atoms with Gasteiger partial charge in [-0.25, -0.2) is 0 Å². The summed E-state index contributed by atoms with van der Waals surface area (Å²) in [5.41, 5.74) is 6.88. The first-order valence-electron chi connectivity index (χ1n) is 12.0. The van der Waals surface area contributed by atoms with Gasteiger partial charge < -0.3 is 20.2 Å².